The largest absolute Gasteiger partial charge is 0.507 e. The van der Waals surface area contributed by atoms with E-state index in [9.17, 15) is 5.11 Å². The van der Waals surface area contributed by atoms with Crippen LogP contribution in [0.15, 0.2) is 158 Å². The molecule has 0 unspecified atom stereocenters. The minimum atomic E-state index is -0.242. The van der Waals surface area contributed by atoms with E-state index >= 15 is 0 Å². The second-order valence-electron chi connectivity index (χ2n) is 13.5. The van der Waals surface area contributed by atoms with Gasteiger partial charge >= 0.3 is 0 Å². The molecule has 0 radical (unpaired) electrons. The second kappa shape index (κ2) is 12.6. The third kappa shape index (κ3) is 5.73. The molecule has 0 spiro atoms. The highest BCUT2D eigenvalue weighted by Crippen LogP contribution is 2.41. The van der Waals surface area contributed by atoms with Gasteiger partial charge in [-0.2, -0.15) is 0 Å². The lowest BCUT2D eigenvalue weighted by Gasteiger charge is -2.22. The number of hydrogen-bond acceptors (Lipinski definition) is 4. The maximum absolute atomic E-state index is 11.6. The molecule has 50 heavy (non-hydrogen) atoms. The molecule has 1 N–H and O–H groups in total. The van der Waals surface area contributed by atoms with Gasteiger partial charge in [-0.25, -0.2) is 4.98 Å². The van der Waals surface area contributed by atoms with Crippen molar-refractivity contribution in [3.8, 4) is 67.6 Å². The summed E-state index contributed by atoms with van der Waals surface area (Å²) in [6.07, 6.45) is 3.70. The quantitative estimate of drug-likeness (QED) is 0.195. The van der Waals surface area contributed by atoms with Gasteiger partial charge in [-0.15, -0.1) is 0 Å². The summed E-state index contributed by atoms with van der Waals surface area (Å²) < 4.78 is 2.11. The number of imidazole rings is 1. The summed E-state index contributed by atoms with van der Waals surface area (Å²) in [5, 5.41) is 11.6. The van der Waals surface area contributed by atoms with E-state index in [-0.39, 0.29) is 11.2 Å². The van der Waals surface area contributed by atoms with Crippen molar-refractivity contribution in [1.29, 1.82) is 0 Å². The van der Waals surface area contributed by atoms with Gasteiger partial charge in [-0.1, -0.05) is 124 Å². The predicted octanol–water partition coefficient (Wildman–Crippen LogP) is 11.2. The molecule has 242 valence electrons. The van der Waals surface area contributed by atoms with Crippen molar-refractivity contribution in [2.24, 2.45) is 0 Å². The van der Waals surface area contributed by atoms with Gasteiger partial charge in [-0.3, -0.25) is 14.5 Å². The molecule has 3 heterocycles. The molecule has 0 aliphatic carbocycles. The molecule has 0 bridgehead atoms. The number of fused-ring (bicyclic) bond motifs is 1. The average Bonchev–Trinajstić information content (AvgIpc) is 3.55. The van der Waals surface area contributed by atoms with Crippen LogP contribution in [0.25, 0.3) is 72.9 Å². The first-order chi connectivity index (χ1) is 24.3. The van der Waals surface area contributed by atoms with Crippen LogP contribution in [0.2, 0.25) is 0 Å². The Hall–Kier alpha value is -6.33. The number of aromatic nitrogens is 4. The van der Waals surface area contributed by atoms with Crippen molar-refractivity contribution in [2.45, 2.75) is 26.2 Å². The monoisotopic (exact) mass is 648 g/mol. The van der Waals surface area contributed by atoms with Crippen molar-refractivity contribution in [1.82, 2.24) is 19.5 Å². The number of aromatic hydroxyl groups is 1. The summed E-state index contributed by atoms with van der Waals surface area (Å²) in [6.45, 7) is 6.31. The maximum Gasteiger partial charge on any atom is 0.149 e. The number of para-hydroxylation sites is 2. The van der Waals surface area contributed by atoms with E-state index in [0.29, 0.717) is 11.4 Å². The van der Waals surface area contributed by atoms with E-state index in [1.54, 1.807) is 0 Å². The highest BCUT2D eigenvalue weighted by molar-refractivity contribution is 5.94. The molecule has 8 rings (SSSR count). The fraction of sp³-hybridized carbons (Fsp3) is 0.0889. The SMILES string of the molecule is CC(C)(C)c1cccc(-c2nc3c(-c4cccc(-c5cc(-c6ccc(-c7ccccc7)cc6)ccn5)c4)nccc3n2-c2ccccc2)c1O. The number of hydrogen-bond donors (Lipinski definition) is 1. The fourth-order valence-electron chi connectivity index (χ4n) is 6.64. The lowest BCUT2D eigenvalue weighted by Crippen LogP contribution is -2.11. The zero-order chi connectivity index (χ0) is 34.2. The summed E-state index contributed by atoms with van der Waals surface area (Å²) in [7, 11) is 0. The van der Waals surface area contributed by atoms with E-state index in [4.69, 9.17) is 15.0 Å². The van der Waals surface area contributed by atoms with Crippen LogP contribution in [-0.2, 0) is 5.41 Å². The molecule has 3 aromatic heterocycles. The van der Waals surface area contributed by atoms with E-state index < -0.39 is 0 Å². The molecule has 0 aliphatic heterocycles. The molecular formula is C45H36N4O. The molecule has 8 aromatic rings. The molecular weight excluding hydrogens is 613 g/mol. The zero-order valence-electron chi connectivity index (χ0n) is 28.2. The minimum Gasteiger partial charge on any atom is -0.507 e. The highest BCUT2D eigenvalue weighted by atomic mass is 16.3. The Kier molecular flexibility index (Phi) is 7.81. The topological polar surface area (TPSA) is 63.8 Å². The van der Waals surface area contributed by atoms with Crippen LogP contribution in [0.3, 0.4) is 0 Å². The molecule has 0 saturated heterocycles. The first-order valence-corrected chi connectivity index (χ1v) is 16.8. The van der Waals surface area contributed by atoms with Gasteiger partial charge in [0.15, 0.2) is 0 Å². The van der Waals surface area contributed by atoms with E-state index in [0.717, 1.165) is 55.9 Å². The van der Waals surface area contributed by atoms with Crippen LogP contribution in [0.1, 0.15) is 26.3 Å². The smallest absolute Gasteiger partial charge is 0.149 e. The van der Waals surface area contributed by atoms with Gasteiger partial charge in [0.05, 0.1) is 22.5 Å². The standard InChI is InChI=1S/C45H36N4O/c1-45(2,3)38-19-11-18-37(43(38)50)44-48-42-40(49(44)36-16-8-5-9-17-36)25-27-47-41(42)35-15-10-14-34(28-35)39-29-33(24-26-46-39)32-22-20-31(21-23-32)30-12-6-4-7-13-30/h4-29,50H,1-3H3. The van der Waals surface area contributed by atoms with Crippen LogP contribution >= 0.6 is 0 Å². The number of phenols is 1. The van der Waals surface area contributed by atoms with E-state index in [1.807, 2.05) is 67.0 Å². The Bertz CT molecular complexity index is 2460. The number of nitrogens with zero attached hydrogens (tertiary/aromatic N) is 4. The lowest BCUT2D eigenvalue weighted by atomic mass is 9.85. The van der Waals surface area contributed by atoms with Crippen LogP contribution in [0, 0.1) is 0 Å². The molecule has 0 fully saturated rings. The van der Waals surface area contributed by atoms with Crippen LogP contribution in [0.4, 0.5) is 0 Å². The fourth-order valence-corrected chi connectivity index (χ4v) is 6.64. The molecule has 5 heteroatoms. The highest BCUT2D eigenvalue weighted by Gasteiger charge is 2.25. The second-order valence-corrected chi connectivity index (χ2v) is 13.5. The Morgan fingerprint density at radius 3 is 1.90 bits per heavy atom. The molecule has 5 aromatic carbocycles. The van der Waals surface area contributed by atoms with Gasteiger partial charge in [0.1, 0.15) is 17.1 Å². The van der Waals surface area contributed by atoms with Gasteiger partial charge in [-0.05, 0) is 75.7 Å². The third-order valence-corrected chi connectivity index (χ3v) is 9.19. The lowest BCUT2D eigenvalue weighted by molar-refractivity contribution is 0.448. The third-order valence-electron chi connectivity index (χ3n) is 9.19. The Morgan fingerprint density at radius 1 is 0.540 bits per heavy atom. The van der Waals surface area contributed by atoms with Gasteiger partial charge < -0.3 is 5.11 Å². The van der Waals surface area contributed by atoms with Crippen molar-refractivity contribution >= 4 is 11.0 Å². The first-order valence-electron chi connectivity index (χ1n) is 16.8. The number of pyridine rings is 2. The van der Waals surface area contributed by atoms with Crippen molar-refractivity contribution in [3.63, 3.8) is 0 Å². The van der Waals surface area contributed by atoms with Crippen LogP contribution in [-0.4, -0.2) is 24.6 Å². The average molecular weight is 649 g/mol. The molecule has 0 saturated carbocycles. The summed E-state index contributed by atoms with van der Waals surface area (Å²) in [5.41, 5.74) is 12.1. The summed E-state index contributed by atoms with van der Waals surface area (Å²) >= 11 is 0. The van der Waals surface area contributed by atoms with Crippen molar-refractivity contribution in [3.05, 3.63) is 164 Å². The van der Waals surface area contributed by atoms with Gasteiger partial charge in [0, 0.05) is 29.2 Å². The Balaban J connectivity index is 1.22. The normalized spacial score (nSPS) is 11.6. The van der Waals surface area contributed by atoms with Gasteiger partial charge in [0.25, 0.3) is 0 Å². The number of benzene rings is 5. The van der Waals surface area contributed by atoms with Crippen LogP contribution in [0.5, 0.6) is 5.75 Å². The molecule has 0 atom stereocenters. The van der Waals surface area contributed by atoms with E-state index in [2.05, 4.69) is 116 Å². The molecule has 0 aliphatic rings. The van der Waals surface area contributed by atoms with Crippen molar-refractivity contribution < 1.29 is 5.11 Å². The molecule has 0 amide bonds. The van der Waals surface area contributed by atoms with Crippen molar-refractivity contribution in [2.75, 3.05) is 0 Å². The Morgan fingerprint density at radius 2 is 1.16 bits per heavy atom. The summed E-state index contributed by atoms with van der Waals surface area (Å²) in [4.78, 5) is 14.9. The van der Waals surface area contributed by atoms with Gasteiger partial charge in [0.2, 0.25) is 0 Å². The number of rotatable bonds is 6. The number of phenolic OH excluding ortho intramolecular Hbond substituents is 1. The summed E-state index contributed by atoms with van der Waals surface area (Å²) in [6, 6.07) is 49.6. The molecule has 5 nitrogen and oxygen atoms in total. The van der Waals surface area contributed by atoms with Crippen LogP contribution < -0.4 is 0 Å². The predicted molar refractivity (Wildman–Crippen MR) is 204 cm³/mol. The van der Waals surface area contributed by atoms with E-state index in [1.165, 1.54) is 11.1 Å². The Labute approximate surface area is 292 Å². The maximum atomic E-state index is 11.6. The first kappa shape index (κ1) is 31.0. The minimum absolute atomic E-state index is 0.240. The summed E-state index contributed by atoms with van der Waals surface area (Å²) in [5.74, 6) is 0.900. The zero-order valence-corrected chi connectivity index (χ0v) is 28.2.